The third-order valence-corrected chi connectivity index (χ3v) is 5.22. The summed E-state index contributed by atoms with van der Waals surface area (Å²) >= 11 is 1.49. The molecule has 0 aliphatic heterocycles. The van der Waals surface area contributed by atoms with Gasteiger partial charge in [0.1, 0.15) is 11.5 Å². The van der Waals surface area contributed by atoms with Crippen LogP contribution in [-0.2, 0) is 7.05 Å². The van der Waals surface area contributed by atoms with E-state index in [4.69, 9.17) is 9.47 Å². The second-order valence-electron chi connectivity index (χ2n) is 5.92. The van der Waals surface area contributed by atoms with Gasteiger partial charge in [0.15, 0.2) is 4.80 Å². The number of aryl methyl sites for hydroxylation is 1. The number of carbonyl (C=O) groups is 1. The number of benzene rings is 2. The van der Waals surface area contributed by atoms with Crippen molar-refractivity contribution in [3.05, 3.63) is 63.8 Å². The van der Waals surface area contributed by atoms with Crippen molar-refractivity contribution in [1.82, 2.24) is 4.57 Å². The number of methoxy groups -OCH3 is 1. The summed E-state index contributed by atoms with van der Waals surface area (Å²) in [7, 11) is 3.47. The highest BCUT2D eigenvalue weighted by molar-refractivity contribution is 7.09. The van der Waals surface area contributed by atoms with E-state index in [0.29, 0.717) is 22.7 Å². The number of hydrogen-bond acceptors (Lipinski definition) is 4. The smallest absolute Gasteiger partial charge is 0.283 e. The van der Waals surface area contributed by atoms with Gasteiger partial charge < -0.3 is 14.0 Å². The summed E-state index contributed by atoms with van der Waals surface area (Å²) in [5.74, 6) is 1.05. The average Bonchev–Trinajstić information content (AvgIpc) is 2.96. The summed E-state index contributed by atoms with van der Waals surface area (Å²) in [6, 6.07) is 15.1. The van der Waals surface area contributed by atoms with E-state index >= 15 is 0 Å². The molecule has 1 amide bonds. The fraction of sp³-hybridized carbons (Fsp3) is 0.238. The molecule has 3 rings (SSSR count). The summed E-state index contributed by atoms with van der Waals surface area (Å²) in [6.07, 6.45) is 0. The molecule has 0 saturated carbocycles. The molecular formula is C21H22N2O3S. The third-order valence-electron chi connectivity index (χ3n) is 4.17. The Balaban J connectivity index is 2.00. The van der Waals surface area contributed by atoms with Crippen LogP contribution in [0.2, 0.25) is 0 Å². The monoisotopic (exact) mass is 382 g/mol. The van der Waals surface area contributed by atoms with Crippen LogP contribution in [0, 0.1) is 6.92 Å². The van der Waals surface area contributed by atoms with E-state index in [1.807, 2.05) is 55.8 Å². The zero-order chi connectivity index (χ0) is 19.4. The quantitative estimate of drug-likeness (QED) is 0.664. The van der Waals surface area contributed by atoms with Crippen molar-refractivity contribution in [3.63, 3.8) is 0 Å². The van der Waals surface area contributed by atoms with E-state index in [1.165, 1.54) is 11.3 Å². The van der Waals surface area contributed by atoms with Gasteiger partial charge in [0.05, 0.1) is 25.0 Å². The van der Waals surface area contributed by atoms with Crippen molar-refractivity contribution in [2.45, 2.75) is 13.8 Å². The molecule has 0 bridgehead atoms. The Morgan fingerprint density at radius 3 is 2.52 bits per heavy atom. The highest BCUT2D eigenvalue weighted by Crippen LogP contribution is 2.26. The first-order valence-corrected chi connectivity index (χ1v) is 9.48. The van der Waals surface area contributed by atoms with Gasteiger partial charge in [0.2, 0.25) is 0 Å². The number of aromatic nitrogens is 1. The van der Waals surface area contributed by atoms with Gasteiger partial charge in [-0.1, -0.05) is 12.1 Å². The van der Waals surface area contributed by atoms with Crippen LogP contribution >= 0.6 is 11.3 Å². The average molecular weight is 382 g/mol. The molecule has 0 aliphatic carbocycles. The number of carbonyl (C=O) groups excluding carboxylic acids is 1. The Hall–Kier alpha value is -2.86. The maximum atomic E-state index is 12.6. The van der Waals surface area contributed by atoms with Crippen LogP contribution in [0.3, 0.4) is 0 Å². The van der Waals surface area contributed by atoms with Gasteiger partial charge in [-0.15, -0.1) is 11.3 Å². The molecular weight excluding hydrogens is 360 g/mol. The summed E-state index contributed by atoms with van der Waals surface area (Å²) in [5, 5.41) is 0. The molecule has 2 aromatic carbocycles. The Bertz CT molecular complexity index is 1020. The van der Waals surface area contributed by atoms with Crippen molar-refractivity contribution in [2.24, 2.45) is 12.0 Å². The Kier molecular flexibility index (Phi) is 5.76. The minimum atomic E-state index is -0.317. The summed E-state index contributed by atoms with van der Waals surface area (Å²) < 4.78 is 12.7. The fourth-order valence-electron chi connectivity index (χ4n) is 2.92. The SMILES string of the molecule is CCOc1ccc(-c2c(C)sc(=NC(=O)c3ccccc3OC)n2C)cc1. The lowest BCUT2D eigenvalue weighted by molar-refractivity contribution is 0.0995. The molecule has 0 radical (unpaired) electrons. The van der Waals surface area contributed by atoms with Gasteiger partial charge in [-0.25, -0.2) is 0 Å². The molecule has 3 aromatic rings. The number of amides is 1. The Labute approximate surface area is 162 Å². The molecule has 0 unspecified atom stereocenters. The molecule has 1 aromatic heterocycles. The van der Waals surface area contributed by atoms with E-state index in [2.05, 4.69) is 4.99 Å². The van der Waals surface area contributed by atoms with E-state index in [0.717, 1.165) is 21.9 Å². The maximum absolute atomic E-state index is 12.6. The van der Waals surface area contributed by atoms with Crippen molar-refractivity contribution in [3.8, 4) is 22.8 Å². The van der Waals surface area contributed by atoms with Crippen molar-refractivity contribution >= 4 is 17.2 Å². The predicted octanol–water partition coefficient (Wildman–Crippen LogP) is 4.21. The van der Waals surface area contributed by atoms with E-state index in [1.54, 1.807) is 25.3 Å². The lowest BCUT2D eigenvalue weighted by Crippen LogP contribution is -2.14. The molecule has 140 valence electrons. The third kappa shape index (κ3) is 3.95. The topological polar surface area (TPSA) is 52.8 Å². The lowest BCUT2D eigenvalue weighted by Gasteiger charge is -2.07. The highest BCUT2D eigenvalue weighted by Gasteiger charge is 2.14. The van der Waals surface area contributed by atoms with E-state index in [9.17, 15) is 4.79 Å². The van der Waals surface area contributed by atoms with Crippen LogP contribution in [0.25, 0.3) is 11.3 Å². The lowest BCUT2D eigenvalue weighted by atomic mass is 10.1. The van der Waals surface area contributed by atoms with Crippen LogP contribution in [0.5, 0.6) is 11.5 Å². The van der Waals surface area contributed by atoms with Crippen LogP contribution in [0.15, 0.2) is 53.5 Å². The molecule has 6 heteroatoms. The van der Waals surface area contributed by atoms with Gasteiger partial charge >= 0.3 is 0 Å². The largest absolute Gasteiger partial charge is 0.496 e. The van der Waals surface area contributed by atoms with Gasteiger partial charge in [-0.05, 0) is 55.8 Å². The molecule has 27 heavy (non-hydrogen) atoms. The first-order chi connectivity index (χ1) is 13.0. The van der Waals surface area contributed by atoms with E-state index in [-0.39, 0.29) is 5.91 Å². The molecule has 5 nitrogen and oxygen atoms in total. The van der Waals surface area contributed by atoms with Crippen LogP contribution < -0.4 is 14.3 Å². The minimum Gasteiger partial charge on any atom is -0.496 e. The number of nitrogens with zero attached hydrogens (tertiary/aromatic N) is 2. The number of hydrogen-bond donors (Lipinski definition) is 0. The summed E-state index contributed by atoms with van der Waals surface area (Å²) in [5.41, 5.74) is 2.55. The van der Waals surface area contributed by atoms with Crippen LogP contribution in [-0.4, -0.2) is 24.2 Å². The number of rotatable bonds is 5. The van der Waals surface area contributed by atoms with Crippen LogP contribution in [0.1, 0.15) is 22.2 Å². The first kappa shape index (κ1) is 18.9. The van der Waals surface area contributed by atoms with Gasteiger partial charge in [0.25, 0.3) is 5.91 Å². The molecule has 0 fully saturated rings. The van der Waals surface area contributed by atoms with Crippen molar-refractivity contribution in [2.75, 3.05) is 13.7 Å². The molecule has 1 heterocycles. The summed E-state index contributed by atoms with van der Waals surface area (Å²) in [6.45, 7) is 4.63. The molecule has 0 spiro atoms. The van der Waals surface area contributed by atoms with Crippen LogP contribution in [0.4, 0.5) is 0 Å². The second-order valence-corrected chi connectivity index (χ2v) is 7.10. The Morgan fingerprint density at radius 1 is 1.15 bits per heavy atom. The van der Waals surface area contributed by atoms with Gasteiger partial charge in [-0.2, -0.15) is 4.99 Å². The second kappa shape index (κ2) is 8.22. The Morgan fingerprint density at radius 2 is 1.85 bits per heavy atom. The highest BCUT2D eigenvalue weighted by atomic mass is 32.1. The predicted molar refractivity (Wildman–Crippen MR) is 108 cm³/mol. The number of thiazole rings is 1. The van der Waals surface area contributed by atoms with E-state index < -0.39 is 0 Å². The first-order valence-electron chi connectivity index (χ1n) is 8.67. The minimum absolute atomic E-state index is 0.317. The fourth-order valence-corrected chi connectivity index (χ4v) is 3.91. The zero-order valence-corrected chi connectivity index (χ0v) is 16.7. The van der Waals surface area contributed by atoms with Gasteiger partial charge in [0, 0.05) is 11.9 Å². The number of para-hydroxylation sites is 1. The summed E-state index contributed by atoms with van der Waals surface area (Å²) in [4.78, 5) is 18.7. The molecule has 0 atom stereocenters. The normalized spacial score (nSPS) is 11.5. The van der Waals surface area contributed by atoms with Crippen molar-refractivity contribution < 1.29 is 14.3 Å². The van der Waals surface area contributed by atoms with Crippen molar-refractivity contribution in [1.29, 1.82) is 0 Å². The standard InChI is InChI=1S/C21H22N2O3S/c1-5-26-16-12-10-15(11-13-16)19-14(2)27-21(23(19)3)22-20(24)17-8-6-7-9-18(17)25-4/h6-13H,5H2,1-4H3. The molecule has 0 aliphatic rings. The maximum Gasteiger partial charge on any atom is 0.283 e. The molecule has 0 N–H and O–H groups in total. The molecule has 0 saturated heterocycles. The van der Waals surface area contributed by atoms with Gasteiger partial charge in [-0.3, -0.25) is 4.79 Å². The number of ether oxygens (including phenoxy) is 2. The zero-order valence-electron chi connectivity index (χ0n) is 15.9.